The van der Waals surface area contributed by atoms with Gasteiger partial charge in [0.2, 0.25) is 0 Å². The Morgan fingerprint density at radius 1 is 1.16 bits per heavy atom. The van der Waals surface area contributed by atoms with E-state index in [0.717, 1.165) is 23.8 Å². The van der Waals surface area contributed by atoms with Crippen LogP contribution in [0.4, 0.5) is 5.69 Å². The Kier molecular flexibility index (Phi) is 5.73. The van der Waals surface area contributed by atoms with E-state index in [4.69, 9.17) is 0 Å². The number of aromatic nitrogens is 2. The molecular formula is C15H27N3O. The molecule has 0 aliphatic carbocycles. The lowest BCUT2D eigenvalue weighted by Gasteiger charge is -2.31. The van der Waals surface area contributed by atoms with Crippen LogP contribution < -0.4 is 4.90 Å². The molecule has 0 bridgehead atoms. The van der Waals surface area contributed by atoms with E-state index in [1.165, 1.54) is 0 Å². The van der Waals surface area contributed by atoms with Gasteiger partial charge in [0.25, 0.3) is 0 Å². The van der Waals surface area contributed by atoms with Crippen LogP contribution in [0.5, 0.6) is 0 Å². The summed E-state index contributed by atoms with van der Waals surface area (Å²) in [6.07, 6.45) is 1.86. The molecular weight excluding hydrogens is 238 g/mol. The van der Waals surface area contributed by atoms with Crippen molar-refractivity contribution in [2.24, 2.45) is 5.92 Å². The molecule has 0 aromatic carbocycles. The van der Waals surface area contributed by atoms with E-state index < -0.39 is 0 Å². The summed E-state index contributed by atoms with van der Waals surface area (Å²) in [7, 11) is 0. The highest BCUT2D eigenvalue weighted by Crippen LogP contribution is 2.23. The number of rotatable bonds is 6. The van der Waals surface area contributed by atoms with Crippen molar-refractivity contribution < 1.29 is 5.11 Å². The van der Waals surface area contributed by atoms with E-state index in [-0.39, 0.29) is 12.5 Å². The highest BCUT2D eigenvalue weighted by atomic mass is 16.3. The minimum Gasteiger partial charge on any atom is -0.390 e. The van der Waals surface area contributed by atoms with Crippen molar-refractivity contribution in [1.29, 1.82) is 0 Å². The third-order valence-electron chi connectivity index (χ3n) is 3.03. The van der Waals surface area contributed by atoms with Gasteiger partial charge in [0.1, 0.15) is 5.82 Å². The third kappa shape index (κ3) is 4.16. The SMILES string of the molecule is CC(C)CN(c1cnc(C(C)C)nc1CO)C(C)C. The van der Waals surface area contributed by atoms with Gasteiger partial charge in [-0.3, -0.25) is 0 Å². The fourth-order valence-electron chi connectivity index (χ4n) is 2.04. The van der Waals surface area contributed by atoms with E-state index in [1.807, 2.05) is 6.20 Å². The number of anilines is 1. The molecule has 1 rings (SSSR count). The predicted molar refractivity (Wildman–Crippen MR) is 79.4 cm³/mol. The summed E-state index contributed by atoms with van der Waals surface area (Å²) in [5.41, 5.74) is 1.68. The average molecular weight is 265 g/mol. The molecule has 1 N–H and O–H groups in total. The summed E-state index contributed by atoms with van der Waals surface area (Å²) in [4.78, 5) is 11.2. The van der Waals surface area contributed by atoms with Crippen LogP contribution >= 0.6 is 0 Å². The number of aliphatic hydroxyl groups is 1. The van der Waals surface area contributed by atoms with Gasteiger partial charge in [0.05, 0.1) is 24.2 Å². The van der Waals surface area contributed by atoms with Crippen LogP contribution in [-0.2, 0) is 6.61 Å². The van der Waals surface area contributed by atoms with Gasteiger partial charge in [-0.1, -0.05) is 27.7 Å². The molecule has 19 heavy (non-hydrogen) atoms. The largest absolute Gasteiger partial charge is 0.390 e. The molecule has 1 aromatic rings. The maximum Gasteiger partial charge on any atom is 0.131 e. The highest BCUT2D eigenvalue weighted by Gasteiger charge is 2.18. The zero-order valence-corrected chi connectivity index (χ0v) is 13.0. The van der Waals surface area contributed by atoms with Crippen molar-refractivity contribution in [3.05, 3.63) is 17.7 Å². The van der Waals surface area contributed by atoms with Gasteiger partial charge in [-0.25, -0.2) is 9.97 Å². The minimum atomic E-state index is -0.0428. The first-order valence-electron chi connectivity index (χ1n) is 7.10. The second kappa shape index (κ2) is 6.85. The normalized spacial score (nSPS) is 11.7. The van der Waals surface area contributed by atoms with E-state index in [9.17, 15) is 5.11 Å². The van der Waals surface area contributed by atoms with Crippen molar-refractivity contribution in [2.45, 2.75) is 60.1 Å². The zero-order chi connectivity index (χ0) is 14.6. The molecule has 0 spiro atoms. The second-order valence-corrected chi connectivity index (χ2v) is 6.01. The van der Waals surface area contributed by atoms with Crippen molar-refractivity contribution >= 4 is 5.69 Å². The maximum absolute atomic E-state index is 9.57. The topological polar surface area (TPSA) is 49.2 Å². The van der Waals surface area contributed by atoms with E-state index in [0.29, 0.717) is 12.0 Å². The van der Waals surface area contributed by atoms with Crippen molar-refractivity contribution in [3.63, 3.8) is 0 Å². The molecule has 1 heterocycles. The molecule has 0 unspecified atom stereocenters. The molecule has 0 saturated heterocycles. The Hall–Kier alpha value is -1.16. The number of aliphatic hydroxyl groups excluding tert-OH is 1. The number of hydrogen-bond donors (Lipinski definition) is 1. The first-order chi connectivity index (χ1) is 8.86. The van der Waals surface area contributed by atoms with Gasteiger partial charge < -0.3 is 10.0 Å². The average Bonchev–Trinajstić information content (AvgIpc) is 2.34. The molecule has 0 radical (unpaired) electrons. The summed E-state index contributed by atoms with van der Waals surface area (Å²) in [6, 6.07) is 0.362. The van der Waals surface area contributed by atoms with E-state index in [2.05, 4.69) is 56.4 Å². The molecule has 0 atom stereocenters. The van der Waals surface area contributed by atoms with Gasteiger partial charge in [-0.2, -0.15) is 0 Å². The number of nitrogens with zero attached hydrogens (tertiary/aromatic N) is 3. The van der Waals surface area contributed by atoms with Crippen molar-refractivity contribution in [1.82, 2.24) is 9.97 Å². The molecule has 1 aromatic heterocycles. The van der Waals surface area contributed by atoms with E-state index in [1.54, 1.807) is 0 Å². The highest BCUT2D eigenvalue weighted by molar-refractivity contribution is 5.49. The summed E-state index contributed by atoms with van der Waals surface area (Å²) in [5.74, 6) is 1.62. The molecule has 0 aliphatic rings. The van der Waals surface area contributed by atoms with Crippen molar-refractivity contribution in [2.75, 3.05) is 11.4 Å². The van der Waals surface area contributed by atoms with Crippen LogP contribution in [0.3, 0.4) is 0 Å². The molecule has 0 amide bonds. The molecule has 0 aliphatic heterocycles. The monoisotopic (exact) mass is 265 g/mol. The lowest BCUT2D eigenvalue weighted by atomic mass is 10.1. The van der Waals surface area contributed by atoms with Gasteiger partial charge >= 0.3 is 0 Å². The Labute approximate surface area is 116 Å². The summed E-state index contributed by atoms with van der Waals surface area (Å²) >= 11 is 0. The van der Waals surface area contributed by atoms with Gasteiger partial charge in [-0.05, 0) is 19.8 Å². The Morgan fingerprint density at radius 2 is 1.79 bits per heavy atom. The smallest absolute Gasteiger partial charge is 0.131 e. The summed E-state index contributed by atoms with van der Waals surface area (Å²) in [6.45, 7) is 13.7. The van der Waals surface area contributed by atoms with Crippen LogP contribution in [0.25, 0.3) is 0 Å². The molecule has 108 valence electrons. The van der Waals surface area contributed by atoms with Crippen LogP contribution in [0.2, 0.25) is 0 Å². The van der Waals surface area contributed by atoms with Crippen LogP contribution in [0.1, 0.15) is 59.0 Å². The molecule has 0 saturated carbocycles. The van der Waals surface area contributed by atoms with E-state index >= 15 is 0 Å². The van der Waals surface area contributed by atoms with Gasteiger partial charge in [-0.15, -0.1) is 0 Å². The zero-order valence-electron chi connectivity index (χ0n) is 13.0. The van der Waals surface area contributed by atoms with Crippen LogP contribution in [0.15, 0.2) is 6.20 Å². The Morgan fingerprint density at radius 3 is 2.21 bits per heavy atom. The van der Waals surface area contributed by atoms with Gasteiger partial charge in [0, 0.05) is 18.5 Å². The fourth-order valence-corrected chi connectivity index (χ4v) is 2.04. The maximum atomic E-state index is 9.57. The third-order valence-corrected chi connectivity index (χ3v) is 3.03. The second-order valence-electron chi connectivity index (χ2n) is 6.01. The lowest BCUT2D eigenvalue weighted by molar-refractivity contribution is 0.276. The Bertz CT molecular complexity index is 402. The predicted octanol–water partition coefficient (Wildman–Crippen LogP) is 2.96. The summed E-state index contributed by atoms with van der Waals surface area (Å²) < 4.78 is 0. The standard InChI is InChI=1S/C15H27N3O/c1-10(2)8-18(12(5)6)14-7-16-15(11(3)4)17-13(14)9-19/h7,10-12,19H,8-9H2,1-6H3. The number of hydrogen-bond acceptors (Lipinski definition) is 4. The molecule has 4 heteroatoms. The van der Waals surface area contributed by atoms with Crippen LogP contribution in [-0.4, -0.2) is 27.7 Å². The molecule has 4 nitrogen and oxygen atoms in total. The quantitative estimate of drug-likeness (QED) is 0.859. The Balaban J connectivity index is 3.15. The fraction of sp³-hybridized carbons (Fsp3) is 0.733. The summed E-state index contributed by atoms with van der Waals surface area (Å²) in [5, 5.41) is 9.57. The lowest BCUT2D eigenvalue weighted by Crippen LogP contribution is -2.35. The van der Waals surface area contributed by atoms with Gasteiger partial charge in [0.15, 0.2) is 0 Å². The van der Waals surface area contributed by atoms with Crippen molar-refractivity contribution in [3.8, 4) is 0 Å². The molecule has 0 fully saturated rings. The first-order valence-corrected chi connectivity index (χ1v) is 7.10. The minimum absolute atomic E-state index is 0.0428. The first kappa shape index (κ1) is 15.9. The van der Waals surface area contributed by atoms with Crippen LogP contribution in [0, 0.1) is 5.92 Å².